The van der Waals surface area contributed by atoms with Crippen LogP contribution in [-0.2, 0) is 14.3 Å². The maximum atomic E-state index is 13.6. The summed E-state index contributed by atoms with van der Waals surface area (Å²) in [4.78, 5) is 42.9. The first-order valence-corrected chi connectivity index (χ1v) is 11.6. The molecule has 0 saturated heterocycles. The van der Waals surface area contributed by atoms with Crippen molar-refractivity contribution in [2.75, 3.05) is 14.2 Å². The molecule has 9 heteroatoms. The summed E-state index contributed by atoms with van der Waals surface area (Å²) in [6.45, 7) is 5.00. The Morgan fingerprint density at radius 2 is 1.77 bits per heavy atom. The zero-order valence-corrected chi connectivity index (χ0v) is 20.8. The van der Waals surface area contributed by atoms with Crippen LogP contribution in [0.3, 0.4) is 0 Å². The van der Waals surface area contributed by atoms with Crippen molar-refractivity contribution >= 4 is 29.4 Å². The number of carbonyl (C=O) groups is 2. The van der Waals surface area contributed by atoms with Crippen LogP contribution < -0.4 is 24.4 Å². The van der Waals surface area contributed by atoms with Crippen LogP contribution in [0, 0.1) is 6.92 Å². The number of aryl methyl sites for hydroxylation is 1. The van der Waals surface area contributed by atoms with Gasteiger partial charge in [0.05, 0.1) is 36.1 Å². The molecule has 0 fully saturated rings. The fraction of sp³-hybridized carbons (Fsp3) is 0.231. The van der Waals surface area contributed by atoms with Gasteiger partial charge >= 0.3 is 11.9 Å². The Hall–Kier alpha value is -3.98. The number of carbonyl (C=O) groups excluding carboxylic acids is 2. The van der Waals surface area contributed by atoms with Gasteiger partial charge in [-0.05, 0) is 43.2 Å². The maximum Gasteiger partial charge on any atom is 0.338 e. The normalized spacial score (nSPS) is 15.3. The van der Waals surface area contributed by atoms with Crippen molar-refractivity contribution in [3.8, 4) is 11.5 Å². The minimum Gasteiger partial charge on any atom is -0.493 e. The Morgan fingerprint density at radius 3 is 2.40 bits per heavy atom. The van der Waals surface area contributed by atoms with E-state index in [1.807, 2.05) is 37.3 Å². The SMILES string of the molecule is COC(=O)C1=C(C)N=c2s/c(=C/c3ccc(C)cc3)c(=O)n2[C@H]1c1ccc(OC(C)=O)c(OC)c1. The second kappa shape index (κ2) is 9.71. The lowest BCUT2D eigenvalue weighted by Gasteiger charge is -2.25. The fourth-order valence-corrected chi connectivity index (χ4v) is 4.96. The van der Waals surface area contributed by atoms with E-state index >= 15 is 0 Å². The molecule has 0 radical (unpaired) electrons. The van der Waals surface area contributed by atoms with Crippen molar-refractivity contribution < 1.29 is 23.8 Å². The molecule has 0 unspecified atom stereocenters. The Bertz CT molecular complexity index is 1530. The molecule has 2 heterocycles. The van der Waals surface area contributed by atoms with Crippen molar-refractivity contribution in [2.24, 2.45) is 4.99 Å². The van der Waals surface area contributed by atoms with Crippen molar-refractivity contribution in [1.82, 2.24) is 4.57 Å². The van der Waals surface area contributed by atoms with E-state index in [0.29, 0.717) is 26.3 Å². The zero-order chi connectivity index (χ0) is 25.3. The second-order valence-corrected chi connectivity index (χ2v) is 9.00. The Morgan fingerprint density at radius 1 is 1.06 bits per heavy atom. The molecule has 0 bridgehead atoms. The Balaban J connectivity index is 1.95. The average Bonchev–Trinajstić information content (AvgIpc) is 3.13. The quantitative estimate of drug-likeness (QED) is 0.401. The minimum absolute atomic E-state index is 0.232. The van der Waals surface area contributed by atoms with E-state index in [2.05, 4.69) is 4.99 Å². The summed E-state index contributed by atoms with van der Waals surface area (Å²) in [6.07, 6.45) is 1.81. The molecule has 35 heavy (non-hydrogen) atoms. The molecule has 0 spiro atoms. The van der Waals surface area contributed by atoms with Crippen molar-refractivity contribution in [2.45, 2.75) is 26.8 Å². The molecule has 3 aromatic rings. The molecule has 1 aliphatic heterocycles. The number of benzene rings is 2. The summed E-state index contributed by atoms with van der Waals surface area (Å²) in [5.41, 5.74) is 2.99. The predicted octanol–water partition coefficient (Wildman–Crippen LogP) is 2.65. The number of hydrogen-bond acceptors (Lipinski definition) is 8. The van der Waals surface area contributed by atoms with Gasteiger partial charge in [-0.3, -0.25) is 14.2 Å². The van der Waals surface area contributed by atoms with E-state index in [9.17, 15) is 14.4 Å². The van der Waals surface area contributed by atoms with Crippen LogP contribution in [0.2, 0.25) is 0 Å². The smallest absolute Gasteiger partial charge is 0.338 e. The van der Waals surface area contributed by atoms with Gasteiger partial charge in [-0.2, -0.15) is 0 Å². The van der Waals surface area contributed by atoms with Crippen LogP contribution in [0.5, 0.6) is 11.5 Å². The van der Waals surface area contributed by atoms with Crippen LogP contribution in [0.1, 0.15) is 36.6 Å². The van der Waals surface area contributed by atoms with Gasteiger partial charge in [-0.1, -0.05) is 47.2 Å². The first-order chi connectivity index (χ1) is 16.7. The molecule has 1 atom stereocenters. The van der Waals surface area contributed by atoms with E-state index in [1.54, 1.807) is 25.1 Å². The summed E-state index contributed by atoms with van der Waals surface area (Å²) in [5, 5.41) is 0. The van der Waals surface area contributed by atoms with Crippen LogP contribution in [-0.4, -0.2) is 30.7 Å². The van der Waals surface area contributed by atoms with Gasteiger partial charge in [0.15, 0.2) is 16.3 Å². The first-order valence-electron chi connectivity index (χ1n) is 10.8. The van der Waals surface area contributed by atoms with E-state index in [4.69, 9.17) is 14.2 Å². The van der Waals surface area contributed by atoms with Crippen molar-refractivity contribution in [1.29, 1.82) is 0 Å². The largest absolute Gasteiger partial charge is 0.493 e. The number of nitrogens with zero attached hydrogens (tertiary/aromatic N) is 2. The molecule has 0 aliphatic carbocycles. The van der Waals surface area contributed by atoms with Gasteiger partial charge in [0.25, 0.3) is 5.56 Å². The molecule has 180 valence electrons. The zero-order valence-electron chi connectivity index (χ0n) is 19.9. The third kappa shape index (κ3) is 4.67. The number of thiazole rings is 1. The first kappa shape index (κ1) is 24.2. The molecule has 0 amide bonds. The number of methoxy groups -OCH3 is 2. The third-order valence-corrected chi connectivity index (χ3v) is 6.54. The topological polar surface area (TPSA) is 96.2 Å². The van der Waals surface area contributed by atoms with Crippen molar-refractivity contribution in [3.05, 3.63) is 90.1 Å². The molecule has 8 nitrogen and oxygen atoms in total. The Kier molecular flexibility index (Phi) is 6.70. The number of ether oxygens (including phenoxy) is 3. The summed E-state index contributed by atoms with van der Waals surface area (Å²) in [7, 11) is 2.73. The highest BCUT2D eigenvalue weighted by Gasteiger charge is 2.33. The highest BCUT2D eigenvalue weighted by atomic mass is 32.1. The number of aromatic nitrogens is 1. The molecule has 1 aliphatic rings. The van der Waals surface area contributed by atoms with Crippen LogP contribution >= 0.6 is 11.3 Å². The van der Waals surface area contributed by atoms with E-state index in [-0.39, 0.29) is 16.9 Å². The van der Waals surface area contributed by atoms with Gasteiger partial charge < -0.3 is 14.2 Å². The average molecular weight is 493 g/mol. The van der Waals surface area contributed by atoms with Gasteiger partial charge in [0.1, 0.15) is 0 Å². The third-order valence-electron chi connectivity index (χ3n) is 5.56. The molecular formula is C26H24N2O6S. The second-order valence-electron chi connectivity index (χ2n) is 7.99. The number of fused-ring (bicyclic) bond motifs is 1. The predicted molar refractivity (Wildman–Crippen MR) is 131 cm³/mol. The Labute approximate surface area is 205 Å². The standard InChI is InChI=1S/C26H24N2O6S/c1-14-6-8-17(9-7-14)12-21-24(30)28-23(22(25(31)33-5)15(2)27-26(28)35-21)18-10-11-19(34-16(3)29)20(13-18)32-4/h6-13,23H,1-5H3/b21-12+/t23-/m0/s1. The lowest BCUT2D eigenvalue weighted by atomic mass is 9.95. The summed E-state index contributed by atoms with van der Waals surface area (Å²) < 4.78 is 17.6. The number of hydrogen-bond donors (Lipinski definition) is 0. The van der Waals surface area contributed by atoms with Crippen LogP contribution in [0.4, 0.5) is 0 Å². The molecular weight excluding hydrogens is 468 g/mol. The van der Waals surface area contributed by atoms with Gasteiger partial charge in [0, 0.05) is 6.92 Å². The highest BCUT2D eigenvalue weighted by molar-refractivity contribution is 7.07. The monoisotopic (exact) mass is 492 g/mol. The molecule has 0 saturated carbocycles. The van der Waals surface area contributed by atoms with Crippen LogP contribution in [0.15, 0.2) is 63.5 Å². The maximum absolute atomic E-state index is 13.6. The van der Waals surface area contributed by atoms with Crippen molar-refractivity contribution in [3.63, 3.8) is 0 Å². The summed E-state index contributed by atoms with van der Waals surface area (Å²) in [6, 6.07) is 11.9. The molecule has 0 N–H and O–H groups in total. The lowest BCUT2D eigenvalue weighted by molar-refractivity contribution is -0.136. The van der Waals surface area contributed by atoms with Gasteiger partial charge in [-0.25, -0.2) is 9.79 Å². The minimum atomic E-state index is -0.806. The number of allylic oxidation sites excluding steroid dienone is 1. The fourth-order valence-electron chi connectivity index (χ4n) is 3.92. The van der Waals surface area contributed by atoms with E-state index < -0.39 is 18.0 Å². The van der Waals surface area contributed by atoms with E-state index in [0.717, 1.165) is 11.1 Å². The van der Waals surface area contributed by atoms with Gasteiger partial charge in [0.2, 0.25) is 0 Å². The summed E-state index contributed by atoms with van der Waals surface area (Å²) in [5.74, 6) is -0.563. The van der Waals surface area contributed by atoms with Gasteiger partial charge in [-0.15, -0.1) is 0 Å². The van der Waals surface area contributed by atoms with Crippen LogP contribution in [0.25, 0.3) is 6.08 Å². The van der Waals surface area contributed by atoms with E-state index in [1.165, 1.54) is 37.0 Å². The highest BCUT2D eigenvalue weighted by Crippen LogP contribution is 2.36. The molecule has 1 aromatic heterocycles. The lowest BCUT2D eigenvalue weighted by Crippen LogP contribution is -2.39. The molecule has 2 aromatic carbocycles. The number of esters is 2. The number of rotatable bonds is 5. The molecule has 4 rings (SSSR count). The summed E-state index contributed by atoms with van der Waals surface area (Å²) >= 11 is 1.25.